The molecule has 0 fully saturated rings. The summed E-state index contributed by atoms with van der Waals surface area (Å²) in [4.78, 5) is 0.000608. The Balaban J connectivity index is 1.76. The zero-order chi connectivity index (χ0) is 15.2. The Morgan fingerprint density at radius 2 is 2.18 bits per heavy atom. The Bertz CT molecular complexity index is 945. The van der Waals surface area contributed by atoms with Crippen LogP contribution in [0.15, 0.2) is 33.9 Å². The zero-order valence-electron chi connectivity index (χ0n) is 11.3. The highest BCUT2D eigenvalue weighted by molar-refractivity contribution is 7.92. The molecule has 10 heteroatoms. The molecule has 0 unspecified atom stereocenters. The zero-order valence-corrected chi connectivity index (χ0v) is 12.1. The summed E-state index contributed by atoms with van der Waals surface area (Å²) < 4.78 is 39.2. The van der Waals surface area contributed by atoms with Gasteiger partial charge in [0.05, 0.1) is 18.5 Å². The number of aromatic nitrogens is 4. The van der Waals surface area contributed by atoms with E-state index >= 15 is 0 Å². The third-order valence-electron chi connectivity index (χ3n) is 3.33. The highest BCUT2D eigenvalue weighted by Gasteiger charge is 2.27. The van der Waals surface area contributed by atoms with Gasteiger partial charge in [-0.25, -0.2) is 17.7 Å². The van der Waals surface area contributed by atoms with Crippen LogP contribution in [0.2, 0.25) is 0 Å². The van der Waals surface area contributed by atoms with Gasteiger partial charge in [0.2, 0.25) is 5.88 Å². The minimum Gasteiger partial charge on any atom is -0.477 e. The van der Waals surface area contributed by atoms with E-state index in [1.54, 1.807) is 18.2 Å². The molecule has 2 aromatic heterocycles. The fourth-order valence-corrected chi connectivity index (χ4v) is 3.46. The molecule has 1 aliphatic heterocycles. The molecule has 0 atom stereocenters. The van der Waals surface area contributed by atoms with Gasteiger partial charge in [-0.15, -0.1) is 0 Å². The number of fused-ring (bicyclic) bond motifs is 2. The van der Waals surface area contributed by atoms with Crippen LogP contribution in [0.3, 0.4) is 0 Å². The molecule has 4 rings (SSSR count). The van der Waals surface area contributed by atoms with Crippen molar-refractivity contribution in [3.63, 3.8) is 0 Å². The standard InChI is InChI=1S/C12H11N5O4S/c18-22(19,10-7-13-17-5-2-6-20-12(10)17)16-9-4-1-3-8-11(9)15-21-14-8/h1,3-4,7,16H,2,5-6H2. The molecule has 114 valence electrons. The van der Waals surface area contributed by atoms with Gasteiger partial charge < -0.3 is 4.74 Å². The summed E-state index contributed by atoms with van der Waals surface area (Å²) in [5, 5.41) is 11.4. The van der Waals surface area contributed by atoms with E-state index in [-0.39, 0.29) is 16.5 Å². The summed E-state index contributed by atoms with van der Waals surface area (Å²) in [6, 6.07) is 4.92. The number of anilines is 1. The Kier molecular flexibility index (Phi) is 2.79. The maximum atomic E-state index is 12.6. The second-order valence-corrected chi connectivity index (χ2v) is 6.43. The topological polar surface area (TPSA) is 112 Å². The maximum absolute atomic E-state index is 12.6. The lowest BCUT2D eigenvalue weighted by Gasteiger charge is -2.16. The van der Waals surface area contributed by atoms with Crippen molar-refractivity contribution in [2.45, 2.75) is 17.9 Å². The van der Waals surface area contributed by atoms with E-state index in [1.807, 2.05) is 0 Å². The number of nitrogens with zero attached hydrogens (tertiary/aromatic N) is 4. The number of rotatable bonds is 3. The van der Waals surface area contributed by atoms with E-state index in [9.17, 15) is 8.42 Å². The van der Waals surface area contributed by atoms with Crippen LogP contribution in [0, 0.1) is 0 Å². The Labute approximate surface area is 124 Å². The Morgan fingerprint density at radius 3 is 3.09 bits per heavy atom. The molecule has 0 aliphatic carbocycles. The fourth-order valence-electron chi connectivity index (χ4n) is 2.32. The number of nitrogens with one attached hydrogen (secondary N) is 1. The van der Waals surface area contributed by atoms with Gasteiger partial charge >= 0.3 is 0 Å². The number of hydrogen-bond acceptors (Lipinski definition) is 7. The molecule has 22 heavy (non-hydrogen) atoms. The van der Waals surface area contributed by atoms with Gasteiger partial charge in [-0.2, -0.15) is 5.10 Å². The molecule has 1 aromatic carbocycles. The molecule has 0 radical (unpaired) electrons. The minimum atomic E-state index is -3.85. The molecule has 3 aromatic rings. The van der Waals surface area contributed by atoms with Gasteiger partial charge in [-0.05, 0) is 22.4 Å². The normalized spacial score (nSPS) is 14.5. The molecule has 0 saturated heterocycles. The van der Waals surface area contributed by atoms with Crippen molar-refractivity contribution in [3.05, 3.63) is 24.4 Å². The van der Waals surface area contributed by atoms with E-state index in [2.05, 4.69) is 24.8 Å². The number of ether oxygens (including phenoxy) is 1. The highest BCUT2D eigenvalue weighted by Crippen LogP contribution is 2.29. The van der Waals surface area contributed by atoms with Crippen LogP contribution in [-0.4, -0.2) is 35.1 Å². The summed E-state index contributed by atoms with van der Waals surface area (Å²) in [5.41, 5.74) is 1.09. The molecule has 9 nitrogen and oxygen atoms in total. The predicted molar refractivity (Wildman–Crippen MR) is 75.0 cm³/mol. The fraction of sp³-hybridized carbons (Fsp3) is 0.250. The van der Waals surface area contributed by atoms with E-state index in [0.717, 1.165) is 6.42 Å². The summed E-state index contributed by atoms with van der Waals surface area (Å²) >= 11 is 0. The lowest BCUT2D eigenvalue weighted by Crippen LogP contribution is -2.18. The molecule has 0 amide bonds. The smallest absolute Gasteiger partial charge is 0.268 e. The second kappa shape index (κ2) is 4.70. The van der Waals surface area contributed by atoms with Crippen LogP contribution in [0.5, 0.6) is 5.88 Å². The molecule has 0 saturated carbocycles. The van der Waals surface area contributed by atoms with Crippen molar-refractivity contribution in [2.24, 2.45) is 0 Å². The van der Waals surface area contributed by atoms with Crippen molar-refractivity contribution >= 4 is 26.7 Å². The monoisotopic (exact) mass is 321 g/mol. The van der Waals surface area contributed by atoms with E-state index in [4.69, 9.17) is 4.74 Å². The van der Waals surface area contributed by atoms with Crippen LogP contribution in [0.4, 0.5) is 5.69 Å². The highest BCUT2D eigenvalue weighted by atomic mass is 32.2. The van der Waals surface area contributed by atoms with Gasteiger partial charge in [0.1, 0.15) is 5.52 Å². The predicted octanol–water partition coefficient (Wildman–Crippen LogP) is 1.00. The van der Waals surface area contributed by atoms with E-state index in [0.29, 0.717) is 24.2 Å². The summed E-state index contributed by atoms with van der Waals surface area (Å²) in [6.45, 7) is 1.10. The molecule has 0 spiro atoms. The van der Waals surface area contributed by atoms with Crippen LogP contribution in [-0.2, 0) is 16.6 Å². The first-order chi connectivity index (χ1) is 10.6. The molecular formula is C12H11N5O4S. The largest absolute Gasteiger partial charge is 0.477 e. The van der Waals surface area contributed by atoms with Gasteiger partial charge in [0.15, 0.2) is 10.4 Å². The molecule has 3 heterocycles. The van der Waals surface area contributed by atoms with Crippen LogP contribution in [0.1, 0.15) is 6.42 Å². The summed E-state index contributed by atoms with van der Waals surface area (Å²) in [5.74, 6) is 0.254. The SMILES string of the molecule is O=S(=O)(Nc1cccc2nonc12)c1cnn2c1OCCC2. The number of aryl methyl sites for hydroxylation is 1. The van der Waals surface area contributed by atoms with Crippen LogP contribution >= 0.6 is 0 Å². The Morgan fingerprint density at radius 1 is 1.27 bits per heavy atom. The van der Waals surface area contributed by atoms with Gasteiger partial charge in [0.25, 0.3) is 10.0 Å². The first-order valence-electron chi connectivity index (χ1n) is 6.58. The average Bonchev–Trinajstić information content (AvgIpc) is 3.14. The summed E-state index contributed by atoms with van der Waals surface area (Å²) in [6.07, 6.45) is 2.08. The van der Waals surface area contributed by atoms with E-state index < -0.39 is 10.0 Å². The van der Waals surface area contributed by atoms with Crippen molar-refractivity contribution in [3.8, 4) is 5.88 Å². The first-order valence-corrected chi connectivity index (χ1v) is 8.06. The molecular weight excluding hydrogens is 310 g/mol. The van der Waals surface area contributed by atoms with Crippen molar-refractivity contribution in [1.29, 1.82) is 0 Å². The molecule has 1 N–H and O–H groups in total. The van der Waals surface area contributed by atoms with Gasteiger partial charge in [-0.1, -0.05) is 6.07 Å². The molecule has 0 bridgehead atoms. The van der Waals surface area contributed by atoms with Crippen LogP contribution < -0.4 is 9.46 Å². The number of hydrogen-bond donors (Lipinski definition) is 1. The van der Waals surface area contributed by atoms with Gasteiger partial charge in [-0.3, -0.25) is 4.72 Å². The maximum Gasteiger partial charge on any atom is 0.268 e. The average molecular weight is 321 g/mol. The quantitative estimate of drug-likeness (QED) is 0.765. The third kappa shape index (κ3) is 1.99. The molecule has 1 aliphatic rings. The van der Waals surface area contributed by atoms with Crippen LogP contribution in [0.25, 0.3) is 11.0 Å². The lowest BCUT2D eigenvalue weighted by atomic mass is 10.3. The number of sulfonamides is 1. The van der Waals surface area contributed by atoms with Crippen molar-refractivity contribution < 1.29 is 17.8 Å². The second-order valence-electron chi connectivity index (χ2n) is 4.78. The van der Waals surface area contributed by atoms with E-state index in [1.165, 1.54) is 10.9 Å². The summed E-state index contributed by atoms with van der Waals surface area (Å²) in [7, 11) is -3.85. The lowest BCUT2D eigenvalue weighted by molar-refractivity contribution is 0.224. The first kappa shape index (κ1) is 13.1. The van der Waals surface area contributed by atoms with Crippen molar-refractivity contribution in [2.75, 3.05) is 11.3 Å². The number of benzene rings is 1. The third-order valence-corrected chi connectivity index (χ3v) is 4.68. The minimum absolute atomic E-state index is 0.000608. The van der Waals surface area contributed by atoms with Crippen molar-refractivity contribution in [1.82, 2.24) is 20.1 Å². The Hall–Kier alpha value is -2.62. The van der Waals surface area contributed by atoms with Gasteiger partial charge in [0, 0.05) is 13.0 Å².